The van der Waals surface area contributed by atoms with Crippen LogP contribution < -0.4 is 5.32 Å². The second-order valence-electron chi connectivity index (χ2n) is 7.09. The Labute approximate surface area is 177 Å². The van der Waals surface area contributed by atoms with Crippen molar-refractivity contribution in [2.45, 2.75) is 70.7 Å². The van der Waals surface area contributed by atoms with Crippen molar-refractivity contribution in [1.82, 2.24) is 39.7 Å². The number of aliphatic hydroxyl groups excluding tert-OH is 2. The highest BCUT2D eigenvalue weighted by atomic mass is 35.5. The maximum atomic E-state index is 10.6. The Morgan fingerprint density at radius 3 is 2.63 bits per heavy atom. The van der Waals surface area contributed by atoms with E-state index in [9.17, 15) is 10.2 Å². The first-order valence-electron chi connectivity index (χ1n) is 9.92. The normalized spacial score (nSPS) is 24.2. The van der Waals surface area contributed by atoms with Crippen molar-refractivity contribution in [2.24, 2.45) is 0 Å². The molecule has 0 aliphatic carbocycles. The fourth-order valence-corrected chi connectivity index (χ4v) is 3.63. The fourth-order valence-electron chi connectivity index (χ4n) is 3.47. The minimum Gasteiger partial charge on any atom is -0.387 e. The van der Waals surface area contributed by atoms with E-state index in [0.29, 0.717) is 23.5 Å². The number of fused-ring (bicyclic) bond motifs is 1. The first-order valence-corrected chi connectivity index (χ1v) is 10.3. The molecule has 1 saturated heterocycles. The number of aryl methyl sites for hydroxylation is 1. The van der Waals surface area contributed by atoms with E-state index in [-0.39, 0.29) is 17.1 Å². The van der Waals surface area contributed by atoms with Crippen molar-refractivity contribution in [3.05, 3.63) is 17.4 Å². The van der Waals surface area contributed by atoms with Gasteiger partial charge in [-0.15, -0.1) is 10.2 Å². The third kappa shape index (κ3) is 3.60. The number of imidazole rings is 1. The van der Waals surface area contributed by atoms with Gasteiger partial charge >= 0.3 is 0 Å². The third-order valence-electron chi connectivity index (χ3n) is 5.24. The van der Waals surface area contributed by atoms with Gasteiger partial charge in [0.1, 0.15) is 12.2 Å². The fraction of sp³-hybridized carbons (Fsp3) is 0.647. The molecule has 0 spiro atoms. The van der Waals surface area contributed by atoms with E-state index in [2.05, 4.69) is 49.5 Å². The minimum atomic E-state index is -1.26. The maximum Gasteiger partial charge on any atom is 0.226 e. The van der Waals surface area contributed by atoms with E-state index in [4.69, 9.17) is 16.3 Å². The molecule has 0 aromatic carbocycles. The predicted octanol–water partition coefficient (Wildman–Crippen LogP) is 1.08. The molecule has 4 atom stereocenters. The number of tetrazole rings is 1. The highest BCUT2D eigenvalue weighted by molar-refractivity contribution is 6.28. The van der Waals surface area contributed by atoms with Gasteiger partial charge in [0, 0.05) is 6.04 Å². The topological polar surface area (TPSA) is 149 Å². The number of rotatable bonds is 7. The quantitative estimate of drug-likeness (QED) is 0.458. The Morgan fingerprint density at radius 2 is 1.97 bits per heavy atom. The summed E-state index contributed by atoms with van der Waals surface area (Å²) in [6.45, 7) is 6.54. The van der Waals surface area contributed by atoms with Crippen LogP contribution in [0.5, 0.6) is 0 Å². The van der Waals surface area contributed by atoms with E-state index >= 15 is 0 Å². The van der Waals surface area contributed by atoms with Gasteiger partial charge in [-0.05, 0) is 36.6 Å². The number of aromatic nitrogens is 8. The Bertz CT molecular complexity index is 1020. The molecule has 0 amide bonds. The number of halogens is 1. The van der Waals surface area contributed by atoms with Crippen LogP contribution in [0.1, 0.15) is 51.8 Å². The van der Waals surface area contributed by atoms with Crippen LogP contribution in [0, 0.1) is 0 Å². The van der Waals surface area contributed by atoms with Gasteiger partial charge in [-0.3, -0.25) is 4.57 Å². The number of aliphatic hydroxyl groups is 2. The van der Waals surface area contributed by atoms with Gasteiger partial charge in [0.2, 0.25) is 11.1 Å². The van der Waals surface area contributed by atoms with Crippen molar-refractivity contribution in [3.63, 3.8) is 0 Å². The standard InChI is InChI=1S/C17H24ClN9O3/c1-4-8(5-2)20-13-9-15(22-17(18)21-13)26(7-19-9)16-11(29)10(28)12(30-16)14-23-25-27(6-3)24-14/h7-8,10-12,16,28-29H,4-6H2,1-3H3,(H,20,21,22). The van der Waals surface area contributed by atoms with Crippen LogP contribution in [0.15, 0.2) is 6.33 Å². The summed E-state index contributed by atoms with van der Waals surface area (Å²) in [4.78, 5) is 14.3. The molecule has 13 heteroatoms. The Balaban J connectivity index is 1.68. The van der Waals surface area contributed by atoms with Gasteiger partial charge in [0.15, 0.2) is 29.3 Å². The molecule has 0 saturated carbocycles. The molecule has 3 aromatic rings. The largest absolute Gasteiger partial charge is 0.387 e. The van der Waals surface area contributed by atoms with Crippen molar-refractivity contribution < 1.29 is 14.9 Å². The monoisotopic (exact) mass is 437 g/mol. The summed E-state index contributed by atoms with van der Waals surface area (Å²) < 4.78 is 7.43. The van der Waals surface area contributed by atoms with Gasteiger partial charge in [-0.25, -0.2) is 4.98 Å². The summed E-state index contributed by atoms with van der Waals surface area (Å²) in [5.41, 5.74) is 0.876. The van der Waals surface area contributed by atoms with Crippen molar-refractivity contribution >= 4 is 28.6 Å². The van der Waals surface area contributed by atoms with E-state index < -0.39 is 24.5 Å². The summed E-state index contributed by atoms with van der Waals surface area (Å²) in [7, 11) is 0. The molecule has 30 heavy (non-hydrogen) atoms. The lowest BCUT2D eigenvalue weighted by Crippen LogP contribution is -2.29. The molecular weight excluding hydrogens is 414 g/mol. The van der Waals surface area contributed by atoms with Crippen LogP contribution in [0.4, 0.5) is 5.82 Å². The highest BCUT2D eigenvalue weighted by Crippen LogP contribution is 2.39. The molecular formula is C17H24ClN9O3. The summed E-state index contributed by atoms with van der Waals surface area (Å²) in [6.07, 6.45) is -1.12. The van der Waals surface area contributed by atoms with Crippen molar-refractivity contribution in [3.8, 4) is 0 Å². The Kier molecular flexibility index (Phi) is 5.82. The molecule has 12 nitrogen and oxygen atoms in total. The van der Waals surface area contributed by atoms with E-state index in [1.807, 2.05) is 6.92 Å². The van der Waals surface area contributed by atoms with Crippen molar-refractivity contribution in [1.29, 1.82) is 0 Å². The average molecular weight is 438 g/mol. The number of anilines is 1. The van der Waals surface area contributed by atoms with Gasteiger partial charge < -0.3 is 20.3 Å². The van der Waals surface area contributed by atoms with Crippen LogP contribution in [-0.4, -0.2) is 68.2 Å². The van der Waals surface area contributed by atoms with Crippen LogP contribution in [0.2, 0.25) is 5.28 Å². The molecule has 1 aliphatic rings. The third-order valence-corrected chi connectivity index (χ3v) is 5.41. The van der Waals surface area contributed by atoms with E-state index in [1.165, 1.54) is 15.7 Å². The van der Waals surface area contributed by atoms with Crippen LogP contribution in [-0.2, 0) is 11.3 Å². The molecule has 3 N–H and O–H groups in total. The summed E-state index contributed by atoms with van der Waals surface area (Å²) >= 11 is 6.15. The minimum absolute atomic E-state index is 0.0369. The zero-order valence-corrected chi connectivity index (χ0v) is 17.6. The van der Waals surface area contributed by atoms with Gasteiger partial charge in [0.25, 0.3) is 0 Å². The average Bonchev–Trinajstić information content (AvgIpc) is 3.45. The smallest absolute Gasteiger partial charge is 0.226 e. The molecule has 0 bridgehead atoms. The SMILES string of the molecule is CCC(CC)Nc1nc(Cl)nc2c1ncn2C1OC(c2nnn(CC)n2)C(O)C1O. The highest BCUT2D eigenvalue weighted by Gasteiger charge is 2.47. The molecule has 1 aliphatic heterocycles. The second kappa shape index (κ2) is 8.38. The second-order valence-corrected chi connectivity index (χ2v) is 7.43. The first kappa shape index (κ1) is 20.8. The summed E-state index contributed by atoms with van der Waals surface area (Å²) in [5, 5.41) is 36.5. The number of nitrogens with zero attached hydrogens (tertiary/aromatic N) is 8. The molecule has 4 unspecified atom stereocenters. The Morgan fingerprint density at radius 1 is 1.20 bits per heavy atom. The number of hydrogen-bond donors (Lipinski definition) is 3. The van der Waals surface area contributed by atoms with Gasteiger partial charge in [0.05, 0.1) is 12.9 Å². The van der Waals surface area contributed by atoms with Crippen molar-refractivity contribution in [2.75, 3.05) is 5.32 Å². The Hall–Kier alpha value is -2.41. The van der Waals surface area contributed by atoms with E-state index in [0.717, 1.165) is 12.8 Å². The maximum absolute atomic E-state index is 10.6. The first-order chi connectivity index (χ1) is 14.5. The number of ether oxygens (including phenoxy) is 1. The predicted molar refractivity (Wildman–Crippen MR) is 107 cm³/mol. The van der Waals surface area contributed by atoms with Crippen LogP contribution in [0.3, 0.4) is 0 Å². The summed E-state index contributed by atoms with van der Waals surface area (Å²) in [6, 6.07) is 0.205. The molecule has 4 rings (SSSR count). The van der Waals surface area contributed by atoms with Gasteiger partial charge in [-0.2, -0.15) is 14.8 Å². The number of hydrogen-bond acceptors (Lipinski definition) is 10. The molecule has 4 heterocycles. The van der Waals surface area contributed by atoms with Crippen LogP contribution in [0.25, 0.3) is 11.2 Å². The molecule has 162 valence electrons. The molecule has 3 aromatic heterocycles. The summed E-state index contributed by atoms with van der Waals surface area (Å²) in [5.74, 6) is 0.702. The van der Waals surface area contributed by atoms with Crippen LogP contribution >= 0.6 is 11.6 Å². The number of nitrogens with one attached hydrogen (secondary N) is 1. The molecule has 1 fully saturated rings. The zero-order valence-electron chi connectivity index (χ0n) is 16.8. The van der Waals surface area contributed by atoms with E-state index in [1.54, 1.807) is 0 Å². The zero-order chi connectivity index (χ0) is 21.4. The lowest BCUT2D eigenvalue weighted by Gasteiger charge is -2.18. The molecule has 0 radical (unpaired) electrons. The van der Waals surface area contributed by atoms with Gasteiger partial charge in [-0.1, -0.05) is 13.8 Å². The lowest BCUT2D eigenvalue weighted by molar-refractivity contribution is -0.0384. The lowest BCUT2D eigenvalue weighted by atomic mass is 10.1.